The summed E-state index contributed by atoms with van der Waals surface area (Å²) in [5, 5.41) is 4.12. The zero-order chi connectivity index (χ0) is 19.8. The van der Waals surface area contributed by atoms with Gasteiger partial charge < -0.3 is 5.32 Å². The van der Waals surface area contributed by atoms with E-state index in [1.54, 1.807) is 12.1 Å². The fourth-order valence-electron chi connectivity index (χ4n) is 4.06. The molecule has 6 heteroatoms. The van der Waals surface area contributed by atoms with Gasteiger partial charge in [-0.3, -0.25) is 4.40 Å². The zero-order valence-corrected chi connectivity index (χ0v) is 16.5. The highest BCUT2D eigenvalue weighted by atomic mass is 35.5. The van der Waals surface area contributed by atoms with Crippen LogP contribution >= 0.6 is 11.6 Å². The van der Waals surface area contributed by atoms with E-state index in [-0.39, 0.29) is 5.82 Å². The molecule has 1 aromatic carbocycles. The summed E-state index contributed by atoms with van der Waals surface area (Å²) in [5.41, 5.74) is 4.16. The van der Waals surface area contributed by atoms with Crippen LogP contribution in [0.2, 0.25) is 5.02 Å². The Bertz CT molecular complexity index is 1160. The molecule has 4 nitrogen and oxygen atoms in total. The number of nitrogens with zero attached hydrogens (tertiary/aromatic N) is 3. The number of benzene rings is 1. The van der Waals surface area contributed by atoms with Gasteiger partial charge in [0, 0.05) is 29.6 Å². The summed E-state index contributed by atoms with van der Waals surface area (Å²) < 4.78 is 15.5. The number of nitrogens with one attached hydrogen (secondary N) is 1. The molecule has 0 bridgehead atoms. The molecular weight excluding hydrogens is 387 g/mol. The Balaban J connectivity index is 1.66. The van der Waals surface area contributed by atoms with Gasteiger partial charge in [0.15, 0.2) is 5.65 Å². The Kier molecular flexibility index (Phi) is 4.68. The minimum Gasteiger partial charge on any atom is -0.367 e. The summed E-state index contributed by atoms with van der Waals surface area (Å²) in [7, 11) is 0. The van der Waals surface area contributed by atoms with Gasteiger partial charge in [0.05, 0.1) is 16.4 Å². The van der Waals surface area contributed by atoms with Gasteiger partial charge in [-0.25, -0.2) is 14.4 Å². The molecule has 1 N–H and O–H groups in total. The van der Waals surface area contributed by atoms with Crippen molar-refractivity contribution in [1.82, 2.24) is 14.4 Å². The van der Waals surface area contributed by atoms with Gasteiger partial charge in [0.1, 0.15) is 11.6 Å². The molecule has 1 aliphatic carbocycles. The largest absolute Gasteiger partial charge is 0.367 e. The van der Waals surface area contributed by atoms with Crippen molar-refractivity contribution < 1.29 is 4.39 Å². The lowest BCUT2D eigenvalue weighted by Crippen LogP contribution is -2.15. The number of hydrogen-bond donors (Lipinski definition) is 1. The summed E-state index contributed by atoms with van der Waals surface area (Å²) in [5.74, 6) is 0.584. The quantitative estimate of drug-likeness (QED) is 0.438. The SMILES string of the molecule is Fc1ccc(-c2nc3c(Cl)cccn3c2-c2ccnc(NC3CCCC3)c2)cc1. The van der Waals surface area contributed by atoms with Gasteiger partial charge in [0.2, 0.25) is 0 Å². The first-order valence-corrected chi connectivity index (χ1v) is 10.2. The van der Waals surface area contributed by atoms with Crippen LogP contribution in [-0.2, 0) is 0 Å². The van der Waals surface area contributed by atoms with Crippen LogP contribution in [0.15, 0.2) is 60.9 Å². The normalized spacial score (nSPS) is 14.6. The monoisotopic (exact) mass is 406 g/mol. The van der Waals surface area contributed by atoms with Crippen molar-refractivity contribution >= 4 is 23.1 Å². The van der Waals surface area contributed by atoms with Crippen molar-refractivity contribution in [3.05, 3.63) is 71.8 Å². The van der Waals surface area contributed by atoms with E-state index >= 15 is 0 Å². The van der Waals surface area contributed by atoms with E-state index in [4.69, 9.17) is 16.6 Å². The smallest absolute Gasteiger partial charge is 0.156 e. The Morgan fingerprint density at radius 3 is 2.62 bits per heavy atom. The van der Waals surface area contributed by atoms with Gasteiger partial charge in [-0.2, -0.15) is 0 Å². The predicted octanol–water partition coefficient (Wildman–Crippen LogP) is 6.21. The van der Waals surface area contributed by atoms with E-state index in [1.807, 2.05) is 35.0 Å². The molecule has 0 atom stereocenters. The highest BCUT2D eigenvalue weighted by Gasteiger charge is 2.19. The number of pyridine rings is 2. The Morgan fingerprint density at radius 2 is 1.83 bits per heavy atom. The zero-order valence-electron chi connectivity index (χ0n) is 15.8. The summed E-state index contributed by atoms with van der Waals surface area (Å²) >= 11 is 6.42. The molecule has 29 heavy (non-hydrogen) atoms. The maximum absolute atomic E-state index is 13.5. The average Bonchev–Trinajstić information content (AvgIpc) is 3.37. The van der Waals surface area contributed by atoms with Crippen LogP contribution < -0.4 is 5.32 Å². The highest BCUT2D eigenvalue weighted by Crippen LogP contribution is 2.35. The van der Waals surface area contributed by atoms with E-state index in [2.05, 4.69) is 16.4 Å². The number of hydrogen-bond acceptors (Lipinski definition) is 3. The molecule has 146 valence electrons. The van der Waals surface area contributed by atoms with Crippen LogP contribution in [0.3, 0.4) is 0 Å². The van der Waals surface area contributed by atoms with Crippen LogP contribution in [0.4, 0.5) is 10.2 Å². The number of halogens is 2. The first kappa shape index (κ1) is 18.1. The molecule has 1 saturated carbocycles. The molecule has 3 heterocycles. The molecule has 0 amide bonds. The van der Waals surface area contributed by atoms with Gasteiger partial charge in [-0.15, -0.1) is 0 Å². The molecule has 0 spiro atoms. The standard InChI is InChI=1S/C23H20ClFN4/c24-19-6-3-13-29-22(21(28-23(19)29)15-7-9-17(25)10-8-15)16-11-12-26-20(14-16)27-18-4-1-2-5-18/h3,6-14,18H,1-2,4-5H2,(H,26,27). The molecule has 0 saturated heterocycles. The van der Waals surface area contributed by atoms with E-state index in [1.165, 1.54) is 37.8 Å². The average molecular weight is 407 g/mol. The third kappa shape index (κ3) is 3.47. The van der Waals surface area contributed by atoms with Crippen LogP contribution in [0, 0.1) is 5.82 Å². The third-order valence-corrected chi connectivity index (χ3v) is 5.76. The van der Waals surface area contributed by atoms with Crippen LogP contribution in [0.1, 0.15) is 25.7 Å². The molecule has 1 fully saturated rings. The number of aromatic nitrogens is 3. The third-order valence-electron chi connectivity index (χ3n) is 5.46. The van der Waals surface area contributed by atoms with Crippen molar-refractivity contribution in [3.8, 4) is 22.5 Å². The molecular formula is C23H20ClFN4. The lowest BCUT2D eigenvalue weighted by atomic mass is 10.1. The number of imidazole rings is 1. The van der Waals surface area contributed by atoms with Crippen LogP contribution in [0.5, 0.6) is 0 Å². The van der Waals surface area contributed by atoms with Gasteiger partial charge in [-0.05, 0) is 61.4 Å². The van der Waals surface area contributed by atoms with Crippen molar-refractivity contribution in [2.75, 3.05) is 5.32 Å². The fraction of sp³-hybridized carbons (Fsp3) is 0.217. The lowest BCUT2D eigenvalue weighted by molar-refractivity contribution is 0.628. The van der Waals surface area contributed by atoms with Crippen molar-refractivity contribution in [1.29, 1.82) is 0 Å². The summed E-state index contributed by atoms with van der Waals surface area (Å²) in [6.07, 6.45) is 8.64. The van der Waals surface area contributed by atoms with Crippen molar-refractivity contribution in [2.45, 2.75) is 31.7 Å². The summed E-state index contributed by atoms with van der Waals surface area (Å²) in [6, 6.07) is 14.6. The molecule has 3 aromatic heterocycles. The molecule has 4 aromatic rings. The molecule has 1 aliphatic rings. The molecule has 0 unspecified atom stereocenters. The second kappa shape index (κ2) is 7.48. The lowest BCUT2D eigenvalue weighted by Gasteiger charge is -2.14. The van der Waals surface area contributed by atoms with Crippen molar-refractivity contribution in [3.63, 3.8) is 0 Å². The van der Waals surface area contributed by atoms with E-state index in [9.17, 15) is 4.39 Å². The first-order valence-electron chi connectivity index (χ1n) is 9.84. The van der Waals surface area contributed by atoms with Gasteiger partial charge >= 0.3 is 0 Å². The van der Waals surface area contributed by atoms with Gasteiger partial charge in [-0.1, -0.05) is 24.4 Å². The van der Waals surface area contributed by atoms with E-state index in [0.29, 0.717) is 16.7 Å². The van der Waals surface area contributed by atoms with E-state index in [0.717, 1.165) is 28.3 Å². The Hall–Kier alpha value is -2.92. The molecule has 0 aliphatic heterocycles. The second-order valence-corrected chi connectivity index (χ2v) is 7.83. The van der Waals surface area contributed by atoms with Crippen LogP contribution in [0.25, 0.3) is 28.2 Å². The number of fused-ring (bicyclic) bond motifs is 1. The maximum atomic E-state index is 13.5. The summed E-state index contributed by atoms with van der Waals surface area (Å²) in [4.78, 5) is 9.30. The minimum absolute atomic E-state index is 0.274. The Labute approximate surface area is 173 Å². The second-order valence-electron chi connectivity index (χ2n) is 7.42. The minimum atomic E-state index is -0.274. The van der Waals surface area contributed by atoms with Crippen LogP contribution in [-0.4, -0.2) is 20.4 Å². The van der Waals surface area contributed by atoms with E-state index < -0.39 is 0 Å². The first-order chi connectivity index (χ1) is 14.2. The molecule has 0 radical (unpaired) electrons. The highest BCUT2D eigenvalue weighted by molar-refractivity contribution is 6.33. The molecule has 5 rings (SSSR count). The Morgan fingerprint density at radius 1 is 1.03 bits per heavy atom. The number of rotatable bonds is 4. The predicted molar refractivity (Wildman–Crippen MR) is 115 cm³/mol. The summed E-state index contributed by atoms with van der Waals surface area (Å²) in [6.45, 7) is 0. The number of anilines is 1. The fourth-order valence-corrected chi connectivity index (χ4v) is 4.26. The van der Waals surface area contributed by atoms with Gasteiger partial charge in [0.25, 0.3) is 0 Å². The topological polar surface area (TPSA) is 42.2 Å². The maximum Gasteiger partial charge on any atom is 0.156 e. The van der Waals surface area contributed by atoms with Crippen molar-refractivity contribution in [2.24, 2.45) is 0 Å².